The van der Waals surface area contributed by atoms with Crippen molar-refractivity contribution in [3.63, 3.8) is 0 Å². The molecule has 4 aromatic rings. The van der Waals surface area contributed by atoms with Crippen molar-refractivity contribution < 1.29 is 23.4 Å². The standard InChI is InChI=1S/C29H34F2N8O3/c1-16-14-38(15-21(32)26(16)37(4)28(40)42-5)24-8-9-33-13-23(24)35-27-34-12-18-6-7-22(36-39(18)27)25-19(30)10-17(11-20(25)31)29(2,3)41/h6-13,16,21,26,41H,14-15,32H2,1-5H3,(H,34,35). The number of aromatic nitrogens is 4. The van der Waals surface area contributed by atoms with Crippen LogP contribution in [0.1, 0.15) is 26.3 Å². The van der Waals surface area contributed by atoms with Crippen molar-refractivity contribution in [2.75, 3.05) is 37.5 Å². The molecule has 42 heavy (non-hydrogen) atoms. The van der Waals surface area contributed by atoms with Crippen molar-refractivity contribution in [1.29, 1.82) is 0 Å². The number of nitrogens with one attached hydrogen (secondary N) is 1. The van der Waals surface area contributed by atoms with Gasteiger partial charge in [0, 0.05) is 32.4 Å². The van der Waals surface area contributed by atoms with Gasteiger partial charge in [-0.2, -0.15) is 9.61 Å². The molecule has 5 rings (SSSR count). The molecule has 3 atom stereocenters. The van der Waals surface area contributed by atoms with Crippen LogP contribution in [0.15, 0.2) is 48.9 Å². The Morgan fingerprint density at radius 1 is 1.19 bits per heavy atom. The Balaban J connectivity index is 1.45. The summed E-state index contributed by atoms with van der Waals surface area (Å²) >= 11 is 0. The minimum Gasteiger partial charge on any atom is -0.453 e. The SMILES string of the molecule is COC(=O)N(C)C1C(C)CN(c2ccncc2Nc2ncc3ccc(-c4c(F)cc(C(C)(C)O)cc4F)nn23)CC1N. The maximum Gasteiger partial charge on any atom is 0.409 e. The number of pyridine rings is 1. The van der Waals surface area contributed by atoms with Gasteiger partial charge in [-0.3, -0.25) is 4.98 Å². The number of rotatable bonds is 6. The predicted octanol–water partition coefficient (Wildman–Crippen LogP) is 3.89. The van der Waals surface area contributed by atoms with Gasteiger partial charge in [0.25, 0.3) is 0 Å². The number of aliphatic hydroxyl groups is 1. The van der Waals surface area contributed by atoms with Crippen LogP contribution in [0, 0.1) is 17.6 Å². The minimum absolute atomic E-state index is 0.0305. The van der Waals surface area contributed by atoms with Gasteiger partial charge in [-0.1, -0.05) is 6.92 Å². The van der Waals surface area contributed by atoms with E-state index in [1.807, 2.05) is 13.0 Å². The highest BCUT2D eigenvalue weighted by atomic mass is 19.1. The van der Waals surface area contributed by atoms with Crippen LogP contribution in [0.2, 0.25) is 0 Å². The molecule has 222 valence electrons. The fourth-order valence-electron chi connectivity index (χ4n) is 5.60. The summed E-state index contributed by atoms with van der Waals surface area (Å²) in [7, 11) is 3.03. The number of amides is 1. The lowest BCUT2D eigenvalue weighted by atomic mass is 9.89. The number of nitrogens with two attached hydrogens (primary N) is 1. The summed E-state index contributed by atoms with van der Waals surface area (Å²) < 4.78 is 36.5. The number of ether oxygens (including phenoxy) is 1. The van der Waals surface area contributed by atoms with Crippen LogP contribution in [0.3, 0.4) is 0 Å². The highest BCUT2D eigenvalue weighted by Crippen LogP contribution is 2.33. The Morgan fingerprint density at radius 2 is 1.90 bits per heavy atom. The molecule has 11 nitrogen and oxygen atoms in total. The number of hydrogen-bond acceptors (Lipinski definition) is 9. The van der Waals surface area contributed by atoms with Gasteiger partial charge < -0.3 is 30.7 Å². The molecule has 1 aromatic carbocycles. The Bertz CT molecular complexity index is 1590. The van der Waals surface area contributed by atoms with Crippen molar-refractivity contribution in [3.8, 4) is 11.3 Å². The summed E-state index contributed by atoms with van der Waals surface area (Å²) in [5, 5.41) is 17.9. The second kappa shape index (κ2) is 11.1. The van der Waals surface area contributed by atoms with Crippen molar-refractivity contribution in [2.24, 2.45) is 11.7 Å². The third-order valence-corrected chi connectivity index (χ3v) is 7.64. The van der Waals surface area contributed by atoms with Crippen molar-refractivity contribution in [1.82, 2.24) is 24.5 Å². The molecule has 0 aliphatic carbocycles. The molecule has 0 saturated carbocycles. The van der Waals surface area contributed by atoms with Crippen LogP contribution in [-0.4, -0.2) is 75.0 Å². The van der Waals surface area contributed by atoms with E-state index < -0.39 is 23.3 Å². The Hall–Kier alpha value is -4.36. The van der Waals surface area contributed by atoms with Crippen molar-refractivity contribution in [3.05, 3.63) is 66.1 Å². The van der Waals surface area contributed by atoms with Gasteiger partial charge in [0.15, 0.2) is 0 Å². The van der Waals surface area contributed by atoms with Crippen LogP contribution in [0.25, 0.3) is 16.8 Å². The molecule has 0 bridgehead atoms. The summed E-state index contributed by atoms with van der Waals surface area (Å²) in [6.07, 6.45) is 4.48. The van der Waals surface area contributed by atoms with Gasteiger partial charge in [0.05, 0.1) is 59.3 Å². The molecule has 0 radical (unpaired) electrons. The average Bonchev–Trinajstić information content (AvgIpc) is 3.33. The van der Waals surface area contributed by atoms with Crippen molar-refractivity contribution in [2.45, 2.75) is 38.5 Å². The number of methoxy groups -OCH3 is 1. The van der Waals surface area contributed by atoms with Crippen LogP contribution in [0.4, 0.5) is 30.9 Å². The second-order valence-corrected chi connectivity index (χ2v) is 11.1. The summed E-state index contributed by atoms with van der Waals surface area (Å²) in [5.74, 6) is -1.33. The highest BCUT2D eigenvalue weighted by molar-refractivity contribution is 5.74. The van der Waals surface area contributed by atoms with E-state index in [1.54, 1.807) is 36.6 Å². The first-order valence-electron chi connectivity index (χ1n) is 13.5. The number of carbonyl (C=O) groups excluding carboxylic acids is 1. The average molecular weight is 581 g/mol. The summed E-state index contributed by atoms with van der Waals surface area (Å²) in [6.45, 7) is 6.03. The van der Waals surface area contributed by atoms with E-state index in [9.17, 15) is 9.90 Å². The maximum atomic E-state index is 15.1. The van der Waals surface area contributed by atoms with Gasteiger partial charge in [-0.15, -0.1) is 0 Å². The monoisotopic (exact) mass is 580 g/mol. The number of fused-ring (bicyclic) bond motifs is 1. The van der Waals surface area contributed by atoms with E-state index >= 15 is 8.78 Å². The van der Waals surface area contributed by atoms with Gasteiger partial charge in [-0.25, -0.2) is 18.6 Å². The Labute approximate surface area is 241 Å². The molecule has 13 heteroatoms. The van der Waals surface area contributed by atoms with E-state index in [2.05, 4.69) is 25.3 Å². The van der Waals surface area contributed by atoms with E-state index in [4.69, 9.17) is 10.5 Å². The van der Waals surface area contributed by atoms with Crippen molar-refractivity contribution >= 4 is 28.9 Å². The number of imidazole rings is 1. The molecular formula is C29H34F2N8O3. The zero-order chi connectivity index (χ0) is 30.3. The zero-order valence-corrected chi connectivity index (χ0v) is 24.0. The molecule has 3 unspecified atom stereocenters. The molecule has 3 aromatic heterocycles. The molecule has 1 saturated heterocycles. The van der Waals surface area contributed by atoms with E-state index in [0.717, 1.165) is 17.8 Å². The lowest BCUT2D eigenvalue weighted by molar-refractivity contribution is 0.0778. The molecular weight excluding hydrogens is 546 g/mol. The second-order valence-electron chi connectivity index (χ2n) is 11.1. The number of halogens is 2. The lowest BCUT2D eigenvalue weighted by Crippen LogP contribution is -2.62. The van der Waals surface area contributed by atoms with Crippen LogP contribution < -0.4 is 16.0 Å². The zero-order valence-electron chi connectivity index (χ0n) is 24.0. The van der Waals surface area contributed by atoms with E-state index in [-0.39, 0.29) is 34.8 Å². The normalized spacial score (nSPS) is 19.2. The molecule has 1 aliphatic heterocycles. The number of carbonyl (C=O) groups is 1. The maximum absolute atomic E-state index is 15.1. The predicted molar refractivity (Wildman–Crippen MR) is 154 cm³/mol. The summed E-state index contributed by atoms with van der Waals surface area (Å²) in [5.41, 5.74) is 7.06. The number of benzene rings is 1. The summed E-state index contributed by atoms with van der Waals surface area (Å²) in [4.78, 5) is 24.5. The Kier molecular flexibility index (Phi) is 7.73. The highest BCUT2D eigenvalue weighted by Gasteiger charge is 2.38. The number of anilines is 3. The van der Waals surface area contributed by atoms with Gasteiger partial charge in [0.2, 0.25) is 5.95 Å². The smallest absolute Gasteiger partial charge is 0.409 e. The molecule has 0 spiro atoms. The van der Waals surface area contributed by atoms with E-state index in [0.29, 0.717) is 30.2 Å². The van der Waals surface area contributed by atoms with Crippen LogP contribution in [-0.2, 0) is 10.3 Å². The molecule has 4 heterocycles. The topological polar surface area (TPSA) is 134 Å². The van der Waals surface area contributed by atoms with Gasteiger partial charge in [0.1, 0.15) is 11.6 Å². The third kappa shape index (κ3) is 5.44. The lowest BCUT2D eigenvalue weighted by Gasteiger charge is -2.45. The number of hydrogen-bond donors (Lipinski definition) is 3. The molecule has 1 fully saturated rings. The first-order valence-corrected chi connectivity index (χ1v) is 13.5. The first kappa shape index (κ1) is 29.1. The van der Waals surface area contributed by atoms with E-state index in [1.165, 1.54) is 31.5 Å². The largest absolute Gasteiger partial charge is 0.453 e. The fraction of sp³-hybridized carbons (Fsp3) is 0.379. The quantitative estimate of drug-likeness (QED) is 0.311. The van der Waals surface area contributed by atoms with Crippen LogP contribution >= 0.6 is 0 Å². The number of nitrogens with zero attached hydrogens (tertiary/aromatic N) is 6. The van der Waals surface area contributed by atoms with Gasteiger partial charge >= 0.3 is 6.09 Å². The molecule has 1 amide bonds. The summed E-state index contributed by atoms with van der Waals surface area (Å²) in [6, 6.07) is 6.70. The molecule has 4 N–H and O–H groups in total. The number of likely N-dealkylation sites (N-methyl/N-ethyl adjacent to an activating group) is 1. The van der Waals surface area contributed by atoms with Gasteiger partial charge in [-0.05, 0) is 55.7 Å². The fourth-order valence-corrected chi connectivity index (χ4v) is 5.60. The first-order chi connectivity index (χ1) is 19.9. The minimum atomic E-state index is -1.41. The molecule has 1 aliphatic rings. The third-order valence-electron chi connectivity index (χ3n) is 7.64. The Morgan fingerprint density at radius 3 is 2.55 bits per heavy atom. The number of piperidine rings is 1. The van der Waals surface area contributed by atoms with Crippen LogP contribution in [0.5, 0.6) is 0 Å².